The van der Waals surface area contributed by atoms with Crippen molar-refractivity contribution >= 4 is 21.4 Å². The van der Waals surface area contributed by atoms with Gasteiger partial charge in [-0.25, -0.2) is 12.8 Å². The van der Waals surface area contributed by atoms with Gasteiger partial charge < -0.3 is 4.90 Å². The van der Waals surface area contributed by atoms with Gasteiger partial charge in [0.1, 0.15) is 5.82 Å². The molecular formula is C19H21FN2O2S. The van der Waals surface area contributed by atoms with Crippen LogP contribution < -0.4 is 9.62 Å². The van der Waals surface area contributed by atoms with E-state index in [-0.39, 0.29) is 10.6 Å². The normalized spacial score (nSPS) is 16.9. The molecule has 25 heavy (non-hydrogen) atoms. The van der Waals surface area contributed by atoms with Crippen molar-refractivity contribution < 1.29 is 12.8 Å². The third-order valence-electron chi connectivity index (χ3n) is 5.03. The first kappa shape index (κ1) is 16.4. The number of anilines is 2. The highest BCUT2D eigenvalue weighted by molar-refractivity contribution is 7.92. The van der Waals surface area contributed by atoms with Gasteiger partial charge in [0.05, 0.1) is 16.3 Å². The fraction of sp³-hybridized carbons (Fsp3) is 0.368. The molecule has 0 amide bonds. The SMILES string of the molecule is O=S(=O)(Nc1ccc(N2CCCC2)c(F)c1)c1ccc2c(c1)CCC2. The van der Waals surface area contributed by atoms with E-state index in [4.69, 9.17) is 0 Å². The number of hydrogen-bond donors (Lipinski definition) is 1. The maximum atomic E-state index is 14.4. The standard InChI is InChI=1S/C19H21FN2O2S/c20-18-13-16(7-9-19(18)22-10-1-2-11-22)21-25(23,24)17-8-6-14-4-3-5-15(14)12-17/h6-9,12-13,21H,1-5,10-11H2. The Kier molecular flexibility index (Phi) is 4.15. The average Bonchev–Trinajstić information content (AvgIpc) is 3.25. The number of nitrogens with one attached hydrogen (secondary N) is 1. The van der Waals surface area contributed by atoms with E-state index in [0.717, 1.165) is 50.8 Å². The van der Waals surface area contributed by atoms with E-state index in [1.54, 1.807) is 24.3 Å². The van der Waals surface area contributed by atoms with E-state index in [9.17, 15) is 12.8 Å². The van der Waals surface area contributed by atoms with E-state index < -0.39 is 15.8 Å². The first-order chi connectivity index (χ1) is 12.0. The number of hydrogen-bond acceptors (Lipinski definition) is 3. The summed E-state index contributed by atoms with van der Waals surface area (Å²) in [7, 11) is -3.71. The van der Waals surface area contributed by atoms with Crippen molar-refractivity contribution in [2.75, 3.05) is 22.7 Å². The zero-order valence-electron chi connectivity index (χ0n) is 14.0. The third kappa shape index (κ3) is 3.23. The summed E-state index contributed by atoms with van der Waals surface area (Å²) in [4.78, 5) is 2.23. The lowest BCUT2D eigenvalue weighted by molar-refractivity contribution is 0.601. The molecule has 0 unspecified atom stereocenters. The van der Waals surface area contributed by atoms with Crippen LogP contribution in [0.15, 0.2) is 41.3 Å². The van der Waals surface area contributed by atoms with Crippen molar-refractivity contribution in [2.45, 2.75) is 37.0 Å². The molecular weight excluding hydrogens is 339 g/mol. The summed E-state index contributed by atoms with van der Waals surface area (Å²) in [5.41, 5.74) is 3.11. The Morgan fingerprint density at radius 2 is 1.68 bits per heavy atom. The Hall–Kier alpha value is -2.08. The first-order valence-electron chi connectivity index (χ1n) is 8.72. The van der Waals surface area contributed by atoms with Crippen LogP contribution in [0.4, 0.5) is 15.8 Å². The molecule has 4 rings (SSSR count). The lowest BCUT2D eigenvalue weighted by atomic mass is 10.1. The molecule has 1 aliphatic carbocycles. The van der Waals surface area contributed by atoms with Gasteiger partial charge in [-0.1, -0.05) is 6.07 Å². The molecule has 2 aromatic carbocycles. The molecule has 0 saturated carbocycles. The molecule has 132 valence electrons. The van der Waals surface area contributed by atoms with Crippen LogP contribution >= 0.6 is 0 Å². The van der Waals surface area contributed by atoms with E-state index in [2.05, 4.69) is 4.72 Å². The second-order valence-corrected chi connectivity index (χ2v) is 8.43. The summed E-state index contributed by atoms with van der Waals surface area (Å²) >= 11 is 0. The Bertz CT molecular complexity index is 906. The van der Waals surface area contributed by atoms with Gasteiger partial charge in [0.25, 0.3) is 10.0 Å². The molecule has 1 saturated heterocycles. The van der Waals surface area contributed by atoms with Gasteiger partial charge in [0.15, 0.2) is 0 Å². The highest BCUT2D eigenvalue weighted by Crippen LogP contribution is 2.28. The molecule has 1 fully saturated rings. The van der Waals surface area contributed by atoms with Crippen molar-refractivity contribution in [2.24, 2.45) is 0 Å². The molecule has 1 heterocycles. The molecule has 4 nitrogen and oxygen atoms in total. The fourth-order valence-electron chi connectivity index (χ4n) is 3.71. The van der Waals surface area contributed by atoms with Crippen LogP contribution in [0.1, 0.15) is 30.4 Å². The molecule has 0 radical (unpaired) electrons. The minimum atomic E-state index is -3.71. The van der Waals surface area contributed by atoms with Crippen LogP contribution in [0.3, 0.4) is 0 Å². The molecule has 1 N–H and O–H groups in total. The van der Waals surface area contributed by atoms with Crippen LogP contribution in [0.5, 0.6) is 0 Å². The first-order valence-corrected chi connectivity index (χ1v) is 10.2. The zero-order valence-corrected chi connectivity index (χ0v) is 14.8. The molecule has 6 heteroatoms. The summed E-state index contributed by atoms with van der Waals surface area (Å²) in [6, 6.07) is 9.79. The van der Waals surface area contributed by atoms with E-state index >= 15 is 0 Å². The van der Waals surface area contributed by atoms with Gasteiger partial charge in [-0.05, 0) is 67.5 Å². The van der Waals surface area contributed by atoms with Gasteiger partial charge >= 0.3 is 0 Å². The van der Waals surface area contributed by atoms with Crippen LogP contribution in [-0.4, -0.2) is 21.5 Å². The molecule has 0 bridgehead atoms. The smallest absolute Gasteiger partial charge is 0.261 e. The van der Waals surface area contributed by atoms with Crippen LogP contribution in [0, 0.1) is 5.82 Å². The van der Waals surface area contributed by atoms with Crippen molar-refractivity contribution in [3.05, 3.63) is 53.3 Å². The van der Waals surface area contributed by atoms with Crippen molar-refractivity contribution in [1.29, 1.82) is 0 Å². The maximum absolute atomic E-state index is 14.4. The Morgan fingerprint density at radius 3 is 2.44 bits per heavy atom. The van der Waals surface area contributed by atoms with Crippen molar-refractivity contribution in [3.8, 4) is 0 Å². The average molecular weight is 360 g/mol. The molecule has 0 spiro atoms. The van der Waals surface area contributed by atoms with E-state index in [1.165, 1.54) is 11.6 Å². The topological polar surface area (TPSA) is 49.4 Å². The largest absolute Gasteiger partial charge is 0.369 e. The summed E-state index contributed by atoms with van der Waals surface area (Å²) in [5, 5.41) is 0. The predicted molar refractivity (Wildman–Crippen MR) is 97.1 cm³/mol. The predicted octanol–water partition coefficient (Wildman–Crippen LogP) is 3.72. The van der Waals surface area contributed by atoms with E-state index in [0.29, 0.717) is 5.69 Å². The van der Waals surface area contributed by atoms with E-state index in [1.807, 2.05) is 11.0 Å². The Labute approximate surface area is 147 Å². The number of sulfonamides is 1. The number of aryl methyl sites for hydroxylation is 2. The lowest BCUT2D eigenvalue weighted by Gasteiger charge is -2.19. The fourth-order valence-corrected chi connectivity index (χ4v) is 4.81. The second-order valence-electron chi connectivity index (χ2n) is 6.75. The Morgan fingerprint density at radius 1 is 0.920 bits per heavy atom. The summed E-state index contributed by atoms with van der Waals surface area (Å²) in [6.07, 6.45) is 5.11. The minimum absolute atomic E-state index is 0.233. The van der Waals surface area contributed by atoms with Gasteiger partial charge in [-0.2, -0.15) is 0 Å². The number of nitrogens with zero attached hydrogens (tertiary/aromatic N) is 1. The van der Waals surface area contributed by atoms with Crippen LogP contribution in [0.2, 0.25) is 0 Å². The monoisotopic (exact) mass is 360 g/mol. The van der Waals surface area contributed by atoms with Crippen LogP contribution in [0.25, 0.3) is 0 Å². The molecule has 2 aromatic rings. The zero-order chi connectivity index (χ0) is 17.4. The summed E-state index contributed by atoms with van der Waals surface area (Å²) in [5.74, 6) is -0.393. The van der Waals surface area contributed by atoms with Gasteiger partial charge in [-0.3, -0.25) is 4.72 Å². The number of fused-ring (bicyclic) bond motifs is 1. The Balaban J connectivity index is 1.57. The van der Waals surface area contributed by atoms with Gasteiger partial charge in [0, 0.05) is 19.2 Å². The number of benzene rings is 2. The molecule has 2 aliphatic rings. The van der Waals surface area contributed by atoms with Gasteiger partial charge in [0.2, 0.25) is 0 Å². The number of rotatable bonds is 4. The second kappa shape index (κ2) is 6.33. The van der Waals surface area contributed by atoms with Crippen molar-refractivity contribution in [3.63, 3.8) is 0 Å². The highest BCUT2D eigenvalue weighted by Gasteiger charge is 2.20. The highest BCUT2D eigenvalue weighted by atomic mass is 32.2. The maximum Gasteiger partial charge on any atom is 0.261 e. The number of halogens is 1. The molecule has 1 aliphatic heterocycles. The molecule has 0 atom stereocenters. The molecule has 0 aromatic heterocycles. The minimum Gasteiger partial charge on any atom is -0.369 e. The quantitative estimate of drug-likeness (QED) is 0.904. The van der Waals surface area contributed by atoms with Crippen LogP contribution in [-0.2, 0) is 22.9 Å². The van der Waals surface area contributed by atoms with Crippen molar-refractivity contribution in [1.82, 2.24) is 0 Å². The lowest BCUT2D eigenvalue weighted by Crippen LogP contribution is -2.19. The third-order valence-corrected chi connectivity index (χ3v) is 6.41. The van der Waals surface area contributed by atoms with Gasteiger partial charge in [-0.15, -0.1) is 0 Å². The summed E-state index contributed by atoms with van der Waals surface area (Å²) < 4.78 is 42.1. The summed E-state index contributed by atoms with van der Waals surface area (Å²) in [6.45, 7) is 1.69.